The zero-order valence-electron chi connectivity index (χ0n) is 10.7. The van der Waals surface area contributed by atoms with Crippen molar-refractivity contribution in [2.45, 2.75) is 6.42 Å². The molecular weight excluding hydrogens is 256 g/mol. The minimum atomic E-state index is -0.543. The lowest BCUT2D eigenvalue weighted by Crippen LogP contribution is -2.03. The van der Waals surface area contributed by atoms with Crippen LogP contribution in [-0.2, 0) is 6.42 Å². The van der Waals surface area contributed by atoms with Gasteiger partial charge >= 0.3 is 5.69 Å². The van der Waals surface area contributed by atoms with Crippen LogP contribution in [0.25, 0.3) is 0 Å². The number of rotatable bonds is 5. The summed E-state index contributed by atoms with van der Waals surface area (Å²) in [5.41, 5.74) is 1.16. The van der Waals surface area contributed by atoms with E-state index in [9.17, 15) is 10.1 Å². The van der Waals surface area contributed by atoms with E-state index in [0.29, 0.717) is 13.0 Å². The highest BCUT2D eigenvalue weighted by Gasteiger charge is 2.15. The molecule has 0 saturated carbocycles. The van der Waals surface area contributed by atoms with E-state index in [1.54, 1.807) is 0 Å². The van der Waals surface area contributed by atoms with E-state index in [1.807, 2.05) is 36.4 Å². The maximum Gasteiger partial charge on any atom is 0.312 e. The number of hydrogen-bond donors (Lipinski definition) is 0. The van der Waals surface area contributed by atoms with E-state index in [0.717, 1.165) is 5.56 Å². The first-order valence-electron chi connectivity index (χ1n) is 6.06. The molecule has 5 nitrogen and oxygen atoms in total. The molecule has 0 aliphatic rings. The quantitative estimate of drug-likeness (QED) is 0.616. The summed E-state index contributed by atoms with van der Waals surface area (Å²) in [6.45, 7) is 0.344. The zero-order chi connectivity index (χ0) is 14.4. The summed E-state index contributed by atoms with van der Waals surface area (Å²) in [4.78, 5) is 10.4. The second kappa shape index (κ2) is 6.34. The van der Waals surface area contributed by atoms with Crippen LogP contribution in [0.3, 0.4) is 0 Å². The molecule has 5 heteroatoms. The van der Waals surface area contributed by atoms with E-state index in [-0.39, 0.29) is 17.0 Å². The smallest absolute Gasteiger partial charge is 0.312 e. The summed E-state index contributed by atoms with van der Waals surface area (Å²) in [5.74, 6) is 0.185. The average molecular weight is 268 g/mol. The van der Waals surface area contributed by atoms with Gasteiger partial charge < -0.3 is 4.74 Å². The van der Waals surface area contributed by atoms with Crippen LogP contribution in [0.15, 0.2) is 48.5 Å². The van der Waals surface area contributed by atoms with E-state index in [1.165, 1.54) is 18.2 Å². The molecule has 0 bridgehead atoms. The Morgan fingerprint density at radius 3 is 2.60 bits per heavy atom. The number of hydrogen-bond acceptors (Lipinski definition) is 4. The molecule has 0 heterocycles. The Kier molecular flexibility index (Phi) is 4.30. The van der Waals surface area contributed by atoms with Gasteiger partial charge in [0.05, 0.1) is 23.2 Å². The molecule has 0 unspecified atom stereocenters. The SMILES string of the molecule is N#Cc1ccc(OCCc2ccccc2)c([N+](=O)[O-])c1. The van der Waals surface area contributed by atoms with E-state index in [4.69, 9.17) is 10.00 Å². The van der Waals surface area contributed by atoms with Gasteiger partial charge in [-0.05, 0) is 17.7 Å². The highest BCUT2D eigenvalue weighted by atomic mass is 16.6. The van der Waals surface area contributed by atoms with Crippen LogP contribution in [-0.4, -0.2) is 11.5 Å². The van der Waals surface area contributed by atoms with Gasteiger partial charge in [-0.2, -0.15) is 5.26 Å². The Hall–Kier alpha value is -2.87. The first-order valence-corrected chi connectivity index (χ1v) is 6.06. The third-order valence-corrected chi connectivity index (χ3v) is 2.78. The number of ether oxygens (including phenoxy) is 1. The molecule has 2 aromatic rings. The Morgan fingerprint density at radius 2 is 1.95 bits per heavy atom. The first kappa shape index (κ1) is 13.6. The van der Waals surface area contributed by atoms with Gasteiger partial charge in [-0.15, -0.1) is 0 Å². The minimum Gasteiger partial charge on any atom is -0.486 e. The molecule has 2 aromatic carbocycles. The van der Waals surface area contributed by atoms with Gasteiger partial charge in [-0.3, -0.25) is 10.1 Å². The van der Waals surface area contributed by atoms with Gasteiger partial charge in [-0.25, -0.2) is 0 Å². The topological polar surface area (TPSA) is 76.2 Å². The number of nitro groups is 1. The predicted molar refractivity (Wildman–Crippen MR) is 73.5 cm³/mol. The molecule has 100 valence electrons. The van der Waals surface area contributed by atoms with Gasteiger partial charge in [0, 0.05) is 12.5 Å². The lowest BCUT2D eigenvalue weighted by atomic mass is 10.2. The molecular formula is C15H12N2O3. The molecule has 0 atom stereocenters. The van der Waals surface area contributed by atoms with Crippen LogP contribution >= 0.6 is 0 Å². The maximum absolute atomic E-state index is 10.9. The van der Waals surface area contributed by atoms with Gasteiger partial charge in [0.1, 0.15) is 0 Å². The third-order valence-electron chi connectivity index (χ3n) is 2.78. The second-order valence-electron chi connectivity index (χ2n) is 4.14. The predicted octanol–water partition coefficient (Wildman–Crippen LogP) is 3.09. The summed E-state index contributed by atoms with van der Waals surface area (Å²) in [5, 5.41) is 19.7. The van der Waals surface area contributed by atoms with E-state index < -0.39 is 4.92 Å². The summed E-state index contributed by atoms with van der Waals surface area (Å²) >= 11 is 0. The van der Waals surface area contributed by atoms with Crippen LogP contribution in [0.5, 0.6) is 5.75 Å². The number of nitro benzene ring substituents is 1. The fourth-order valence-corrected chi connectivity index (χ4v) is 1.78. The molecule has 0 radical (unpaired) electrons. The minimum absolute atomic E-state index is 0.183. The molecule has 0 saturated heterocycles. The van der Waals surface area contributed by atoms with Gasteiger partial charge in [0.2, 0.25) is 0 Å². The summed E-state index contributed by atoms with van der Waals surface area (Å²) in [7, 11) is 0. The average Bonchev–Trinajstić information content (AvgIpc) is 2.48. The molecule has 20 heavy (non-hydrogen) atoms. The highest BCUT2D eigenvalue weighted by Crippen LogP contribution is 2.27. The van der Waals surface area contributed by atoms with Crippen molar-refractivity contribution in [3.8, 4) is 11.8 Å². The van der Waals surface area contributed by atoms with Crippen molar-refractivity contribution in [1.29, 1.82) is 5.26 Å². The monoisotopic (exact) mass is 268 g/mol. The molecule has 0 aliphatic heterocycles. The van der Waals surface area contributed by atoms with Crippen LogP contribution in [0.1, 0.15) is 11.1 Å². The Bertz CT molecular complexity index is 648. The number of benzene rings is 2. The van der Waals surface area contributed by atoms with Crippen molar-refractivity contribution in [3.05, 3.63) is 69.8 Å². The van der Waals surface area contributed by atoms with Gasteiger partial charge in [0.25, 0.3) is 0 Å². The van der Waals surface area contributed by atoms with Crippen molar-refractivity contribution in [3.63, 3.8) is 0 Å². The van der Waals surface area contributed by atoms with Crippen LogP contribution < -0.4 is 4.74 Å². The number of nitrogens with zero attached hydrogens (tertiary/aromatic N) is 2. The second-order valence-corrected chi connectivity index (χ2v) is 4.14. The molecule has 2 rings (SSSR count). The molecule has 0 aromatic heterocycles. The third kappa shape index (κ3) is 3.33. The molecule has 0 fully saturated rings. The van der Waals surface area contributed by atoms with E-state index in [2.05, 4.69) is 0 Å². The van der Waals surface area contributed by atoms with Gasteiger partial charge in [-0.1, -0.05) is 30.3 Å². The largest absolute Gasteiger partial charge is 0.486 e. The lowest BCUT2D eigenvalue weighted by Gasteiger charge is -2.07. The Labute approximate surface area is 116 Å². The first-order chi connectivity index (χ1) is 9.70. The summed E-state index contributed by atoms with van der Waals surface area (Å²) in [6, 6.07) is 15.8. The van der Waals surface area contributed by atoms with Crippen LogP contribution in [0, 0.1) is 21.4 Å². The van der Waals surface area contributed by atoms with Crippen molar-refractivity contribution in [2.75, 3.05) is 6.61 Å². The van der Waals surface area contributed by atoms with Crippen molar-refractivity contribution < 1.29 is 9.66 Å². The number of nitriles is 1. The van der Waals surface area contributed by atoms with Crippen LogP contribution in [0.2, 0.25) is 0 Å². The van der Waals surface area contributed by atoms with Crippen molar-refractivity contribution in [2.24, 2.45) is 0 Å². The molecule has 0 spiro atoms. The van der Waals surface area contributed by atoms with Gasteiger partial charge in [0.15, 0.2) is 5.75 Å². The van der Waals surface area contributed by atoms with E-state index >= 15 is 0 Å². The maximum atomic E-state index is 10.9. The fraction of sp³-hybridized carbons (Fsp3) is 0.133. The van der Waals surface area contributed by atoms with Crippen molar-refractivity contribution in [1.82, 2.24) is 0 Å². The summed E-state index contributed by atoms with van der Waals surface area (Å²) < 4.78 is 5.45. The Morgan fingerprint density at radius 1 is 1.20 bits per heavy atom. The normalized spacial score (nSPS) is 9.75. The summed E-state index contributed by atoms with van der Waals surface area (Å²) in [6.07, 6.45) is 0.665. The standard InChI is InChI=1S/C15H12N2O3/c16-11-13-6-7-15(14(10-13)17(18)19)20-9-8-12-4-2-1-3-5-12/h1-7,10H,8-9H2. The zero-order valence-corrected chi connectivity index (χ0v) is 10.7. The lowest BCUT2D eigenvalue weighted by molar-refractivity contribution is -0.385. The highest BCUT2D eigenvalue weighted by molar-refractivity contribution is 5.51. The Balaban J connectivity index is 2.06. The molecule has 0 aliphatic carbocycles. The molecule has 0 N–H and O–H groups in total. The molecule has 0 amide bonds. The van der Waals surface area contributed by atoms with Crippen molar-refractivity contribution >= 4 is 5.69 Å². The van der Waals surface area contributed by atoms with Crippen LogP contribution in [0.4, 0.5) is 5.69 Å². The fourth-order valence-electron chi connectivity index (χ4n) is 1.78.